The van der Waals surface area contributed by atoms with E-state index in [0.717, 1.165) is 18.5 Å². The average Bonchev–Trinajstić information content (AvgIpc) is 2.41. The summed E-state index contributed by atoms with van der Waals surface area (Å²) in [7, 11) is 1.84. The molecular formula is C15H24ClFN2O. The topological polar surface area (TPSA) is 32.3 Å². The molecule has 0 saturated heterocycles. The number of nitrogens with zero attached hydrogens (tertiary/aromatic N) is 1. The summed E-state index contributed by atoms with van der Waals surface area (Å²) >= 11 is 0. The Bertz CT molecular complexity index is 401. The molecule has 0 spiro atoms. The first-order valence-electron chi connectivity index (χ1n) is 6.84. The predicted octanol–water partition coefficient (Wildman–Crippen LogP) is 2.64. The first-order valence-corrected chi connectivity index (χ1v) is 6.84. The molecule has 0 aromatic heterocycles. The largest absolute Gasteiger partial charge is 0.342 e. The summed E-state index contributed by atoms with van der Waals surface area (Å²) in [5, 5.41) is 2.98. The minimum atomic E-state index is -0.221. The molecule has 20 heavy (non-hydrogen) atoms. The third-order valence-electron chi connectivity index (χ3n) is 2.99. The average molecular weight is 303 g/mol. The normalized spacial score (nSPS) is 9.95. The van der Waals surface area contributed by atoms with Crippen molar-refractivity contribution in [3.63, 3.8) is 0 Å². The first-order chi connectivity index (χ1) is 9.17. The maximum atomic E-state index is 13.1. The number of amides is 1. The van der Waals surface area contributed by atoms with Crippen LogP contribution in [0.25, 0.3) is 0 Å². The second-order valence-electron chi connectivity index (χ2n) is 4.61. The van der Waals surface area contributed by atoms with Crippen LogP contribution in [0.4, 0.5) is 4.39 Å². The number of hydrogen-bond donors (Lipinski definition) is 1. The number of hydrogen-bond acceptors (Lipinski definition) is 2. The van der Waals surface area contributed by atoms with Crippen molar-refractivity contribution in [3.05, 3.63) is 35.6 Å². The van der Waals surface area contributed by atoms with Crippen LogP contribution in [0.5, 0.6) is 0 Å². The van der Waals surface area contributed by atoms with Crippen molar-refractivity contribution < 1.29 is 9.18 Å². The predicted molar refractivity (Wildman–Crippen MR) is 82.8 cm³/mol. The van der Waals surface area contributed by atoms with Gasteiger partial charge in [0.1, 0.15) is 5.82 Å². The first kappa shape index (κ1) is 18.9. The summed E-state index contributed by atoms with van der Waals surface area (Å²) in [5.41, 5.74) is 0.933. The maximum absolute atomic E-state index is 13.1. The van der Waals surface area contributed by atoms with Crippen molar-refractivity contribution >= 4 is 18.3 Å². The molecule has 1 aromatic rings. The Balaban J connectivity index is 0.00000361. The van der Waals surface area contributed by atoms with E-state index in [0.29, 0.717) is 25.9 Å². The molecule has 0 aliphatic carbocycles. The molecule has 1 aromatic carbocycles. The van der Waals surface area contributed by atoms with Crippen LogP contribution in [-0.2, 0) is 11.2 Å². The number of nitrogens with one attached hydrogen (secondary N) is 1. The lowest BCUT2D eigenvalue weighted by Crippen LogP contribution is -2.35. The fraction of sp³-hybridized carbons (Fsp3) is 0.533. The van der Waals surface area contributed by atoms with Crippen LogP contribution in [0.2, 0.25) is 0 Å². The van der Waals surface area contributed by atoms with Crippen LogP contribution in [0.3, 0.4) is 0 Å². The highest BCUT2D eigenvalue weighted by Gasteiger charge is 2.11. The molecule has 0 heterocycles. The lowest BCUT2D eigenvalue weighted by atomic mass is 10.1. The molecule has 114 valence electrons. The van der Waals surface area contributed by atoms with Crippen molar-refractivity contribution in [1.29, 1.82) is 0 Å². The third kappa shape index (κ3) is 6.87. The van der Waals surface area contributed by atoms with Crippen LogP contribution in [0.15, 0.2) is 24.3 Å². The maximum Gasteiger partial charge on any atom is 0.223 e. The number of carbonyl (C=O) groups excluding carboxylic acids is 1. The lowest BCUT2D eigenvalue weighted by Gasteiger charge is -2.22. The van der Waals surface area contributed by atoms with Gasteiger partial charge < -0.3 is 10.2 Å². The smallest absolute Gasteiger partial charge is 0.223 e. The van der Waals surface area contributed by atoms with E-state index in [1.165, 1.54) is 12.1 Å². The van der Waals surface area contributed by atoms with Gasteiger partial charge in [-0.3, -0.25) is 4.79 Å². The SMILES string of the molecule is CCCN(CCc1cccc(F)c1)C(=O)CCNC.Cl. The van der Waals surface area contributed by atoms with Crippen LogP contribution in [0, 0.1) is 5.82 Å². The van der Waals surface area contributed by atoms with Crippen molar-refractivity contribution in [3.8, 4) is 0 Å². The van der Waals surface area contributed by atoms with E-state index < -0.39 is 0 Å². The molecule has 0 unspecified atom stereocenters. The van der Waals surface area contributed by atoms with Gasteiger partial charge in [0.2, 0.25) is 5.91 Å². The Morgan fingerprint density at radius 1 is 1.35 bits per heavy atom. The molecular weight excluding hydrogens is 279 g/mol. The van der Waals surface area contributed by atoms with Gasteiger partial charge in [-0.2, -0.15) is 0 Å². The Morgan fingerprint density at radius 3 is 2.70 bits per heavy atom. The Hall–Kier alpha value is -1.13. The number of benzene rings is 1. The fourth-order valence-corrected chi connectivity index (χ4v) is 1.98. The van der Waals surface area contributed by atoms with E-state index >= 15 is 0 Å². The van der Waals surface area contributed by atoms with E-state index in [9.17, 15) is 9.18 Å². The summed E-state index contributed by atoms with van der Waals surface area (Å²) < 4.78 is 13.1. The van der Waals surface area contributed by atoms with Gasteiger partial charge in [-0.1, -0.05) is 19.1 Å². The lowest BCUT2D eigenvalue weighted by molar-refractivity contribution is -0.131. The van der Waals surface area contributed by atoms with E-state index in [1.54, 1.807) is 6.07 Å². The Morgan fingerprint density at radius 2 is 2.10 bits per heavy atom. The second-order valence-corrected chi connectivity index (χ2v) is 4.61. The van der Waals surface area contributed by atoms with Crippen molar-refractivity contribution in [2.75, 3.05) is 26.7 Å². The van der Waals surface area contributed by atoms with Crippen molar-refractivity contribution in [1.82, 2.24) is 10.2 Å². The van der Waals surface area contributed by atoms with Gasteiger partial charge in [0.05, 0.1) is 0 Å². The Labute approximate surface area is 127 Å². The van der Waals surface area contributed by atoms with Crippen molar-refractivity contribution in [2.45, 2.75) is 26.2 Å². The van der Waals surface area contributed by atoms with E-state index in [2.05, 4.69) is 12.2 Å². The van der Waals surface area contributed by atoms with Gasteiger partial charge in [0.25, 0.3) is 0 Å². The zero-order chi connectivity index (χ0) is 14.1. The molecule has 1 N–H and O–H groups in total. The molecule has 0 bridgehead atoms. The summed E-state index contributed by atoms with van der Waals surface area (Å²) in [4.78, 5) is 13.9. The molecule has 1 rings (SSSR count). The molecule has 1 amide bonds. The van der Waals surface area contributed by atoms with Gasteiger partial charge in [-0.15, -0.1) is 12.4 Å². The fourth-order valence-electron chi connectivity index (χ4n) is 1.98. The quantitative estimate of drug-likeness (QED) is 0.800. The van der Waals surface area contributed by atoms with Gasteiger partial charge in [0, 0.05) is 26.1 Å². The van der Waals surface area contributed by atoms with Crippen LogP contribution >= 0.6 is 12.4 Å². The molecule has 0 radical (unpaired) electrons. The van der Waals surface area contributed by atoms with Gasteiger partial charge in [0.15, 0.2) is 0 Å². The summed E-state index contributed by atoms with van der Waals surface area (Å²) in [6.07, 6.45) is 2.15. The molecule has 0 fully saturated rings. The highest BCUT2D eigenvalue weighted by molar-refractivity contribution is 5.85. The Kier molecular flexibility index (Phi) is 10.0. The van der Waals surface area contributed by atoms with Crippen LogP contribution in [0.1, 0.15) is 25.3 Å². The second kappa shape index (κ2) is 10.6. The highest BCUT2D eigenvalue weighted by atomic mass is 35.5. The van der Waals surface area contributed by atoms with E-state index in [-0.39, 0.29) is 24.1 Å². The summed E-state index contributed by atoms with van der Waals surface area (Å²) in [6, 6.07) is 6.57. The zero-order valence-electron chi connectivity index (χ0n) is 12.2. The number of rotatable bonds is 8. The van der Waals surface area contributed by atoms with Gasteiger partial charge in [-0.25, -0.2) is 4.39 Å². The minimum Gasteiger partial charge on any atom is -0.342 e. The summed E-state index contributed by atoms with van der Waals surface area (Å²) in [6.45, 7) is 4.16. The number of halogens is 2. The molecule has 0 aliphatic heterocycles. The van der Waals surface area contributed by atoms with E-state index in [1.807, 2.05) is 18.0 Å². The van der Waals surface area contributed by atoms with E-state index in [4.69, 9.17) is 0 Å². The monoisotopic (exact) mass is 302 g/mol. The molecule has 0 aliphatic rings. The van der Waals surface area contributed by atoms with Crippen molar-refractivity contribution in [2.24, 2.45) is 0 Å². The molecule has 0 saturated carbocycles. The molecule has 0 atom stereocenters. The number of carbonyl (C=O) groups is 1. The van der Waals surface area contributed by atoms with Crippen LogP contribution in [-0.4, -0.2) is 37.5 Å². The third-order valence-corrected chi connectivity index (χ3v) is 2.99. The standard InChI is InChI=1S/C15H23FN2O.ClH/c1-3-10-18(15(19)7-9-17-2)11-8-13-5-4-6-14(16)12-13;/h4-6,12,17H,3,7-11H2,1-2H3;1H. The minimum absolute atomic E-state index is 0. The molecule has 3 nitrogen and oxygen atoms in total. The molecule has 5 heteroatoms. The van der Waals surface area contributed by atoms with Gasteiger partial charge in [-0.05, 0) is 37.6 Å². The highest BCUT2D eigenvalue weighted by Crippen LogP contribution is 2.06. The summed E-state index contributed by atoms with van der Waals surface area (Å²) in [5.74, 6) is -0.0614. The van der Waals surface area contributed by atoms with Crippen LogP contribution < -0.4 is 5.32 Å². The van der Waals surface area contributed by atoms with Gasteiger partial charge >= 0.3 is 0 Å². The zero-order valence-corrected chi connectivity index (χ0v) is 13.0.